The van der Waals surface area contributed by atoms with Crippen LogP contribution in [0.5, 0.6) is 0 Å². The molecule has 1 aliphatic carbocycles. The summed E-state index contributed by atoms with van der Waals surface area (Å²) >= 11 is 5.77. The fourth-order valence-corrected chi connectivity index (χ4v) is 3.90. The van der Waals surface area contributed by atoms with Gasteiger partial charge in [-0.2, -0.15) is 0 Å². The van der Waals surface area contributed by atoms with Crippen LogP contribution >= 0.6 is 11.6 Å². The zero-order valence-electron chi connectivity index (χ0n) is 11.8. The van der Waals surface area contributed by atoms with Gasteiger partial charge in [-0.15, -0.1) is 0 Å². The molecular formula is C13H17ClN2O4S. The normalized spacial score (nSPS) is 16.7. The molecule has 1 aromatic carbocycles. The van der Waals surface area contributed by atoms with E-state index in [-0.39, 0.29) is 15.8 Å². The summed E-state index contributed by atoms with van der Waals surface area (Å²) in [6, 6.07) is 2.32. The number of nitro benzene ring substituents is 1. The van der Waals surface area contributed by atoms with Crippen LogP contribution < -0.4 is 4.72 Å². The predicted molar refractivity (Wildman–Crippen MR) is 79.9 cm³/mol. The third-order valence-electron chi connectivity index (χ3n) is 3.75. The van der Waals surface area contributed by atoms with Crippen LogP contribution in [-0.4, -0.2) is 19.9 Å². The first-order valence-corrected chi connectivity index (χ1v) is 8.52. The Morgan fingerprint density at radius 3 is 2.62 bits per heavy atom. The minimum Gasteiger partial charge on any atom is -0.258 e. The maximum absolute atomic E-state index is 12.3. The lowest BCUT2D eigenvalue weighted by Gasteiger charge is -2.13. The van der Waals surface area contributed by atoms with Crippen LogP contribution in [0, 0.1) is 28.9 Å². The van der Waals surface area contributed by atoms with Gasteiger partial charge in [-0.3, -0.25) is 10.1 Å². The van der Waals surface area contributed by atoms with Gasteiger partial charge in [0.1, 0.15) is 5.02 Å². The Morgan fingerprint density at radius 1 is 1.48 bits per heavy atom. The standard InChI is InChI=1S/C13H17ClN2O4S/c1-8-5-11(14)12(16(17)18)6-13(8)21(19,20)15-7-9(2)10-3-4-10/h5-6,9-10,15H,3-4,7H2,1-2H3. The van der Waals surface area contributed by atoms with Gasteiger partial charge < -0.3 is 0 Å². The van der Waals surface area contributed by atoms with Crippen molar-refractivity contribution < 1.29 is 13.3 Å². The van der Waals surface area contributed by atoms with Crippen molar-refractivity contribution in [2.24, 2.45) is 11.8 Å². The average Bonchev–Trinajstić information content (AvgIpc) is 3.19. The fraction of sp³-hybridized carbons (Fsp3) is 0.538. The Morgan fingerprint density at radius 2 is 2.10 bits per heavy atom. The molecule has 1 fully saturated rings. The molecule has 0 saturated heterocycles. The molecule has 2 rings (SSSR count). The molecular weight excluding hydrogens is 316 g/mol. The molecule has 6 nitrogen and oxygen atoms in total. The highest BCUT2D eigenvalue weighted by Crippen LogP contribution is 2.36. The molecule has 0 aliphatic heterocycles. The lowest BCUT2D eigenvalue weighted by atomic mass is 10.1. The molecule has 1 unspecified atom stereocenters. The molecule has 116 valence electrons. The van der Waals surface area contributed by atoms with Crippen molar-refractivity contribution in [2.45, 2.75) is 31.6 Å². The first-order chi connectivity index (χ1) is 9.72. The molecule has 0 amide bonds. The van der Waals surface area contributed by atoms with Crippen LogP contribution in [0.25, 0.3) is 0 Å². The van der Waals surface area contributed by atoms with E-state index < -0.39 is 20.6 Å². The van der Waals surface area contributed by atoms with E-state index in [1.807, 2.05) is 6.92 Å². The van der Waals surface area contributed by atoms with E-state index in [4.69, 9.17) is 11.6 Å². The number of rotatable bonds is 6. The zero-order valence-corrected chi connectivity index (χ0v) is 13.4. The van der Waals surface area contributed by atoms with Gasteiger partial charge >= 0.3 is 0 Å². The highest BCUT2D eigenvalue weighted by atomic mass is 35.5. The summed E-state index contributed by atoms with van der Waals surface area (Å²) in [5, 5.41) is 10.8. The second-order valence-corrected chi connectivity index (χ2v) is 7.64. The van der Waals surface area contributed by atoms with Crippen molar-refractivity contribution in [3.05, 3.63) is 32.8 Å². The van der Waals surface area contributed by atoms with Crippen LogP contribution in [0.1, 0.15) is 25.3 Å². The number of nitrogens with zero attached hydrogens (tertiary/aromatic N) is 1. The quantitative estimate of drug-likeness (QED) is 0.640. The van der Waals surface area contributed by atoms with Crippen molar-refractivity contribution in [2.75, 3.05) is 6.54 Å². The van der Waals surface area contributed by atoms with Crippen LogP contribution in [0.3, 0.4) is 0 Å². The topological polar surface area (TPSA) is 89.3 Å². The Hall–Kier alpha value is -1.18. The van der Waals surface area contributed by atoms with Crippen LogP contribution in [-0.2, 0) is 10.0 Å². The number of hydrogen-bond donors (Lipinski definition) is 1. The minimum atomic E-state index is -3.78. The Labute approximate surface area is 128 Å². The van der Waals surface area contributed by atoms with Gasteiger partial charge in [0.25, 0.3) is 5.69 Å². The minimum absolute atomic E-state index is 0.0669. The molecule has 1 saturated carbocycles. The van der Waals surface area contributed by atoms with Gasteiger partial charge in [0, 0.05) is 12.6 Å². The van der Waals surface area contributed by atoms with Gasteiger partial charge in [0.2, 0.25) is 10.0 Å². The first-order valence-electron chi connectivity index (χ1n) is 6.66. The van der Waals surface area contributed by atoms with Gasteiger partial charge in [-0.1, -0.05) is 18.5 Å². The SMILES string of the molecule is Cc1cc(Cl)c([N+](=O)[O-])cc1S(=O)(=O)NCC(C)C1CC1. The van der Waals surface area contributed by atoms with E-state index in [2.05, 4.69) is 4.72 Å². The van der Waals surface area contributed by atoms with Crippen molar-refractivity contribution in [1.29, 1.82) is 0 Å². The van der Waals surface area contributed by atoms with E-state index in [0.29, 0.717) is 18.0 Å². The molecule has 1 aliphatic rings. The van der Waals surface area contributed by atoms with Crippen LogP contribution in [0.4, 0.5) is 5.69 Å². The third kappa shape index (κ3) is 3.72. The molecule has 0 radical (unpaired) electrons. The van der Waals surface area contributed by atoms with E-state index >= 15 is 0 Å². The lowest BCUT2D eigenvalue weighted by Crippen LogP contribution is -2.29. The summed E-state index contributed by atoms with van der Waals surface area (Å²) < 4.78 is 27.1. The number of hydrogen-bond acceptors (Lipinski definition) is 4. The van der Waals surface area contributed by atoms with E-state index in [1.165, 1.54) is 6.07 Å². The third-order valence-corrected chi connectivity index (χ3v) is 5.62. The van der Waals surface area contributed by atoms with Gasteiger partial charge in [-0.25, -0.2) is 13.1 Å². The Kier molecular flexibility index (Phi) is 4.55. The maximum Gasteiger partial charge on any atom is 0.289 e. The van der Waals surface area contributed by atoms with Gasteiger partial charge in [0.15, 0.2) is 0 Å². The largest absolute Gasteiger partial charge is 0.289 e. The highest BCUT2D eigenvalue weighted by molar-refractivity contribution is 7.89. The van der Waals surface area contributed by atoms with Crippen molar-refractivity contribution >= 4 is 27.3 Å². The fourth-order valence-electron chi connectivity index (χ4n) is 2.22. The summed E-state index contributed by atoms with van der Waals surface area (Å²) in [6.45, 7) is 3.90. The van der Waals surface area contributed by atoms with Crippen molar-refractivity contribution in [1.82, 2.24) is 4.72 Å². The number of aryl methyl sites for hydroxylation is 1. The molecule has 0 bridgehead atoms. The molecule has 8 heteroatoms. The smallest absolute Gasteiger partial charge is 0.258 e. The zero-order chi connectivity index (χ0) is 15.8. The number of nitrogens with one attached hydrogen (secondary N) is 1. The van der Waals surface area contributed by atoms with E-state index in [1.54, 1.807) is 6.92 Å². The maximum atomic E-state index is 12.3. The number of sulfonamides is 1. The summed E-state index contributed by atoms with van der Waals surface area (Å²) in [5.41, 5.74) is -0.0185. The number of benzene rings is 1. The van der Waals surface area contributed by atoms with Crippen LogP contribution in [0.15, 0.2) is 17.0 Å². The molecule has 21 heavy (non-hydrogen) atoms. The Bertz CT molecular complexity index is 671. The van der Waals surface area contributed by atoms with Gasteiger partial charge in [-0.05, 0) is 43.2 Å². The van der Waals surface area contributed by atoms with Gasteiger partial charge in [0.05, 0.1) is 9.82 Å². The average molecular weight is 333 g/mol. The summed E-state index contributed by atoms with van der Waals surface area (Å²) in [5.74, 6) is 0.843. The summed E-state index contributed by atoms with van der Waals surface area (Å²) in [4.78, 5) is 10.1. The second-order valence-electron chi connectivity index (χ2n) is 5.49. The van der Waals surface area contributed by atoms with E-state index in [0.717, 1.165) is 18.9 Å². The van der Waals surface area contributed by atoms with Crippen molar-refractivity contribution in [3.8, 4) is 0 Å². The molecule has 0 heterocycles. The molecule has 0 aromatic heterocycles. The summed E-state index contributed by atoms with van der Waals surface area (Å²) in [6.07, 6.45) is 2.27. The highest BCUT2D eigenvalue weighted by Gasteiger charge is 2.29. The first kappa shape index (κ1) is 16.2. The lowest BCUT2D eigenvalue weighted by molar-refractivity contribution is -0.384. The monoisotopic (exact) mass is 332 g/mol. The van der Waals surface area contributed by atoms with E-state index in [9.17, 15) is 18.5 Å². The second kappa shape index (κ2) is 5.90. The predicted octanol–water partition coefficient (Wildman–Crippen LogP) is 2.88. The Balaban J connectivity index is 2.26. The molecule has 1 atom stereocenters. The molecule has 1 aromatic rings. The number of halogens is 1. The number of nitro groups is 1. The van der Waals surface area contributed by atoms with Crippen LogP contribution in [0.2, 0.25) is 5.02 Å². The molecule has 1 N–H and O–H groups in total. The van der Waals surface area contributed by atoms with Crippen molar-refractivity contribution in [3.63, 3.8) is 0 Å². The molecule has 0 spiro atoms. The summed E-state index contributed by atoms with van der Waals surface area (Å²) in [7, 11) is -3.78.